The second-order valence-corrected chi connectivity index (χ2v) is 7.46. The van der Waals surface area contributed by atoms with Crippen molar-refractivity contribution in [2.75, 3.05) is 12.4 Å². The van der Waals surface area contributed by atoms with Crippen LogP contribution in [0.2, 0.25) is 0 Å². The standard InChI is InChI=1S/C20H16F2N4O2S/c1-10-16(11-3-6-13(28-2)7-4-11)25-20(29-10)26-19(27)12-5-8-14-15(9-12)24-18(23-14)17(21)22/h3-9,17H,1-2H3,(H,23,24)(H,25,26,27). The lowest BCUT2D eigenvalue weighted by molar-refractivity contribution is 0.102. The van der Waals surface area contributed by atoms with E-state index in [1.54, 1.807) is 13.2 Å². The van der Waals surface area contributed by atoms with E-state index in [1.165, 1.54) is 23.5 Å². The van der Waals surface area contributed by atoms with Crippen LogP contribution in [0.25, 0.3) is 22.3 Å². The van der Waals surface area contributed by atoms with Gasteiger partial charge in [0.25, 0.3) is 12.3 Å². The molecule has 0 unspecified atom stereocenters. The monoisotopic (exact) mass is 414 g/mol. The maximum atomic E-state index is 12.8. The van der Waals surface area contributed by atoms with Crippen molar-refractivity contribution in [3.8, 4) is 17.0 Å². The highest BCUT2D eigenvalue weighted by Crippen LogP contribution is 2.31. The van der Waals surface area contributed by atoms with Gasteiger partial charge in [-0.25, -0.2) is 18.7 Å². The molecule has 1 amide bonds. The normalized spacial score (nSPS) is 11.2. The number of thiazole rings is 1. The molecule has 0 bridgehead atoms. The summed E-state index contributed by atoms with van der Waals surface area (Å²) in [6, 6.07) is 12.1. The minimum Gasteiger partial charge on any atom is -0.497 e. The van der Waals surface area contributed by atoms with E-state index in [-0.39, 0.29) is 5.91 Å². The van der Waals surface area contributed by atoms with Crippen LogP contribution in [0.5, 0.6) is 5.75 Å². The van der Waals surface area contributed by atoms with Crippen LogP contribution in [0.15, 0.2) is 42.5 Å². The molecular weight excluding hydrogens is 398 g/mol. The second-order valence-electron chi connectivity index (χ2n) is 6.26. The summed E-state index contributed by atoms with van der Waals surface area (Å²) in [5.74, 6) is -0.0493. The molecule has 2 aromatic heterocycles. The van der Waals surface area contributed by atoms with Crippen LogP contribution in [0.3, 0.4) is 0 Å². The first-order chi connectivity index (χ1) is 13.9. The number of aromatic amines is 1. The van der Waals surface area contributed by atoms with Gasteiger partial charge in [0.15, 0.2) is 11.0 Å². The summed E-state index contributed by atoms with van der Waals surface area (Å²) in [5.41, 5.74) is 2.77. The molecule has 0 atom stereocenters. The molecule has 0 fully saturated rings. The van der Waals surface area contributed by atoms with Crippen molar-refractivity contribution in [2.45, 2.75) is 13.3 Å². The first-order valence-electron chi connectivity index (χ1n) is 8.65. The zero-order valence-corrected chi connectivity index (χ0v) is 16.3. The van der Waals surface area contributed by atoms with Gasteiger partial charge < -0.3 is 9.72 Å². The third-order valence-electron chi connectivity index (χ3n) is 4.35. The van der Waals surface area contributed by atoms with E-state index in [0.29, 0.717) is 21.7 Å². The zero-order chi connectivity index (χ0) is 20.5. The predicted molar refractivity (Wildman–Crippen MR) is 108 cm³/mol. The number of anilines is 1. The van der Waals surface area contributed by atoms with Gasteiger partial charge in [0.05, 0.1) is 23.8 Å². The fourth-order valence-corrected chi connectivity index (χ4v) is 3.74. The van der Waals surface area contributed by atoms with Gasteiger partial charge in [-0.3, -0.25) is 10.1 Å². The average molecular weight is 414 g/mol. The maximum Gasteiger partial charge on any atom is 0.295 e. The molecule has 0 aliphatic rings. The molecule has 0 radical (unpaired) electrons. The molecule has 29 heavy (non-hydrogen) atoms. The van der Waals surface area contributed by atoms with Gasteiger partial charge in [0, 0.05) is 16.0 Å². The fraction of sp³-hybridized carbons (Fsp3) is 0.150. The lowest BCUT2D eigenvalue weighted by Gasteiger charge is -2.02. The minimum absolute atomic E-state index is 0.320. The number of ether oxygens (including phenoxy) is 1. The second kappa shape index (κ2) is 7.59. The number of H-pyrrole nitrogens is 1. The fourth-order valence-electron chi connectivity index (χ4n) is 2.91. The number of alkyl halides is 2. The molecule has 6 nitrogen and oxygen atoms in total. The van der Waals surface area contributed by atoms with Crippen LogP contribution < -0.4 is 10.1 Å². The zero-order valence-electron chi connectivity index (χ0n) is 15.5. The number of methoxy groups -OCH3 is 1. The number of halogens is 2. The van der Waals surface area contributed by atoms with Crippen LogP contribution in [-0.2, 0) is 0 Å². The Morgan fingerprint density at radius 3 is 2.62 bits per heavy atom. The third kappa shape index (κ3) is 3.81. The number of hydrogen-bond acceptors (Lipinski definition) is 5. The van der Waals surface area contributed by atoms with Crippen LogP contribution in [0.1, 0.15) is 27.5 Å². The molecule has 0 aliphatic heterocycles. The molecule has 4 aromatic rings. The van der Waals surface area contributed by atoms with Crippen molar-refractivity contribution in [1.82, 2.24) is 15.0 Å². The Kier molecular flexibility index (Phi) is 4.98. The van der Waals surface area contributed by atoms with E-state index < -0.39 is 12.2 Å². The number of nitrogens with one attached hydrogen (secondary N) is 2. The Hall–Kier alpha value is -3.33. The van der Waals surface area contributed by atoms with E-state index >= 15 is 0 Å². The summed E-state index contributed by atoms with van der Waals surface area (Å²) in [5, 5.41) is 3.22. The quantitative estimate of drug-likeness (QED) is 0.471. The summed E-state index contributed by atoms with van der Waals surface area (Å²) < 4.78 is 30.7. The molecule has 0 aliphatic carbocycles. The Labute approximate surface area is 168 Å². The van der Waals surface area contributed by atoms with E-state index in [1.807, 2.05) is 31.2 Å². The van der Waals surface area contributed by atoms with E-state index in [0.717, 1.165) is 21.9 Å². The van der Waals surface area contributed by atoms with E-state index in [4.69, 9.17) is 4.74 Å². The van der Waals surface area contributed by atoms with Crippen molar-refractivity contribution in [2.24, 2.45) is 0 Å². The largest absolute Gasteiger partial charge is 0.497 e. The van der Waals surface area contributed by atoms with Crippen molar-refractivity contribution < 1.29 is 18.3 Å². The number of nitrogens with zero attached hydrogens (tertiary/aromatic N) is 2. The molecule has 9 heteroatoms. The first kappa shape index (κ1) is 19.0. The Morgan fingerprint density at radius 2 is 1.93 bits per heavy atom. The predicted octanol–water partition coefficient (Wildman–Crippen LogP) is 5.19. The van der Waals surface area contributed by atoms with Gasteiger partial charge >= 0.3 is 0 Å². The van der Waals surface area contributed by atoms with E-state index in [2.05, 4.69) is 20.3 Å². The minimum atomic E-state index is -2.70. The number of carbonyl (C=O) groups is 1. The lowest BCUT2D eigenvalue weighted by Crippen LogP contribution is -2.11. The maximum absolute atomic E-state index is 12.8. The van der Waals surface area contributed by atoms with Crippen LogP contribution >= 0.6 is 11.3 Å². The van der Waals surface area contributed by atoms with Crippen molar-refractivity contribution in [1.29, 1.82) is 0 Å². The van der Waals surface area contributed by atoms with Crippen LogP contribution in [-0.4, -0.2) is 28.0 Å². The van der Waals surface area contributed by atoms with Gasteiger partial charge in [-0.15, -0.1) is 11.3 Å². The van der Waals surface area contributed by atoms with Crippen molar-refractivity contribution in [3.05, 3.63) is 58.7 Å². The number of aromatic nitrogens is 3. The number of imidazole rings is 1. The average Bonchev–Trinajstić information content (AvgIpc) is 3.30. The van der Waals surface area contributed by atoms with Gasteiger partial charge in [-0.2, -0.15) is 0 Å². The molecule has 2 heterocycles. The number of hydrogen-bond donors (Lipinski definition) is 2. The third-order valence-corrected chi connectivity index (χ3v) is 5.24. The van der Waals surface area contributed by atoms with Gasteiger partial charge in [-0.05, 0) is 49.4 Å². The van der Waals surface area contributed by atoms with Crippen molar-refractivity contribution in [3.63, 3.8) is 0 Å². The highest BCUT2D eigenvalue weighted by atomic mass is 32.1. The summed E-state index contributed by atoms with van der Waals surface area (Å²) in [7, 11) is 1.60. The van der Waals surface area contributed by atoms with Gasteiger partial charge in [-0.1, -0.05) is 0 Å². The molecule has 2 aromatic carbocycles. The summed E-state index contributed by atoms with van der Waals surface area (Å²) >= 11 is 1.36. The summed E-state index contributed by atoms with van der Waals surface area (Å²) in [6.07, 6.45) is -2.70. The highest BCUT2D eigenvalue weighted by Gasteiger charge is 2.16. The summed E-state index contributed by atoms with van der Waals surface area (Å²) in [6.45, 7) is 1.93. The smallest absolute Gasteiger partial charge is 0.295 e. The first-order valence-corrected chi connectivity index (χ1v) is 9.47. The Balaban J connectivity index is 1.56. The molecule has 0 saturated heterocycles. The molecule has 2 N–H and O–H groups in total. The highest BCUT2D eigenvalue weighted by molar-refractivity contribution is 7.16. The number of carbonyl (C=O) groups excluding carboxylic acids is 1. The number of rotatable bonds is 5. The Bertz CT molecular complexity index is 1190. The van der Waals surface area contributed by atoms with Gasteiger partial charge in [0.1, 0.15) is 5.75 Å². The molecule has 0 saturated carbocycles. The Morgan fingerprint density at radius 1 is 1.17 bits per heavy atom. The number of fused-ring (bicyclic) bond motifs is 1. The topological polar surface area (TPSA) is 79.9 Å². The lowest BCUT2D eigenvalue weighted by atomic mass is 10.1. The van der Waals surface area contributed by atoms with Crippen molar-refractivity contribution >= 4 is 33.4 Å². The van der Waals surface area contributed by atoms with Gasteiger partial charge in [0.2, 0.25) is 0 Å². The summed E-state index contributed by atoms with van der Waals surface area (Å²) in [4.78, 5) is 24.4. The molecular formula is C20H16F2N4O2S. The number of benzene rings is 2. The SMILES string of the molecule is COc1ccc(-c2nc(NC(=O)c3ccc4nc(C(F)F)[nH]c4c3)sc2C)cc1. The number of amides is 1. The van der Waals surface area contributed by atoms with E-state index in [9.17, 15) is 13.6 Å². The van der Waals surface area contributed by atoms with Crippen LogP contribution in [0.4, 0.5) is 13.9 Å². The molecule has 0 spiro atoms. The number of aryl methyl sites for hydroxylation is 1. The molecule has 148 valence electrons. The molecule has 4 rings (SSSR count). The van der Waals surface area contributed by atoms with Crippen LogP contribution in [0, 0.1) is 6.92 Å².